The highest BCUT2D eigenvalue weighted by atomic mass is 16.6. The highest BCUT2D eigenvalue weighted by Gasteiger charge is 2.56. The van der Waals surface area contributed by atoms with Crippen molar-refractivity contribution in [3.8, 4) is 0 Å². The number of β-lactam (4-membered cyclic amide) rings is 1. The Bertz CT molecular complexity index is 743. The molecule has 0 aliphatic carbocycles. The smallest absolute Gasteiger partial charge is 0.319 e. The first-order chi connectivity index (χ1) is 11.8. The first kappa shape index (κ1) is 17.0. The number of carbonyl (C=O) groups is 3. The number of aliphatic hydroxyl groups is 1. The zero-order chi connectivity index (χ0) is 18.3. The van der Waals surface area contributed by atoms with E-state index in [2.05, 4.69) is 5.32 Å². The molecule has 0 radical (unpaired) electrons. The summed E-state index contributed by atoms with van der Waals surface area (Å²) in [6, 6.07) is 4.84. The number of hydrogen-bond donors (Lipinski definition) is 2. The summed E-state index contributed by atoms with van der Waals surface area (Å²) in [5.41, 5.74) is 0.537. The number of ether oxygens (including phenoxy) is 1. The van der Waals surface area contributed by atoms with Gasteiger partial charge in [-0.05, 0) is 12.5 Å². The van der Waals surface area contributed by atoms with Gasteiger partial charge in [-0.3, -0.25) is 24.5 Å². The average Bonchev–Trinajstić information content (AvgIpc) is 2.79. The number of amides is 1. The number of nitrogens with zero attached hydrogens (tertiary/aromatic N) is 1. The standard InChI is InChI=1S/C16H16N2O7/c1-7(19)11-13(17-15(11)21)12-14(20)10(25-16(12)22)6-8-2-4-9(5-3-8)18(23)24/h2-5,7,10-13,19H,6H2,1H3,(H,17,21)/t7-,10?,11-,12?,13-/m1/s1. The van der Waals surface area contributed by atoms with Gasteiger partial charge >= 0.3 is 5.97 Å². The van der Waals surface area contributed by atoms with E-state index in [0.717, 1.165) is 0 Å². The van der Waals surface area contributed by atoms with E-state index < -0.39 is 52.7 Å². The first-order valence-electron chi connectivity index (χ1n) is 7.75. The number of esters is 1. The van der Waals surface area contributed by atoms with Crippen LogP contribution in [0, 0.1) is 22.0 Å². The van der Waals surface area contributed by atoms with Crippen molar-refractivity contribution in [1.82, 2.24) is 5.32 Å². The molecule has 1 aromatic rings. The normalized spacial score (nSPS) is 29.6. The van der Waals surface area contributed by atoms with Crippen LogP contribution in [0.5, 0.6) is 0 Å². The summed E-state index contributed by atoms with van der Waals surface area (Å²) in [7, 11) is 0. The Hall–Kier alpha value is -2.81. The minimum Gasteiger partial charge on any atom is -0.453 e. The maximum absolute atomic E-state index is 12.5. The van der Waals surface area contributed by atoms with Crippen molar-refractivity contribution >= 4 is 23.3 Å². The van der Waals surface area contributed by atoms with Crippen LogP contribution in [0.1, 0.15) is 12.5 Å². The monoisotopic (exact) mass is 348 g/mol. The number of Topliss-reactive ketones (excluding diaryl/α,β-unsaturated/α-hetero) is 1. The lowest BCUT2D eigenvalue weighted by Crippen LogP contribution is -2.66. The summed E-state index contributed by atoms with van der Waals surface area (Å²) < 4.78 is 5.13. The van der Waals surface area contributed by atoms with E-state index in [1.165, 1.54) is 31.2 Å². The van der Waals surface area contributed by atoms with Gasteiger partial charge in [-0.1, -0.05) is 12.1 Å². The minimum absolute atomic E-state index is 0.0756. The summed E-state index contributed by atoms with van der Waals surface area (Å²) >= 11 is 0. The van der Waals surface area contributed by atoms with Crippen molar-refractivity contribution in [3.63, 3.8) is 0 Å². The van der Waals surface area contributed by atoms with Gasteiger partial charge in [0.15, 0.2) is 11.9 Å². The van der Waals surface area contributed by atoms with Gasteiger partial charge in [0, 0.05) is 18.6 Å². The molecule has 1 aromatic carbocycles. The number of hydrogen-bond acceptors (Lipinski definition) is 7. The molecule has 2 fully saturated rings. The number of nitro groups is 1. The van der Waals surface area contributed by atoms with Gasteiger partial charge in [-0.25, -0.2) is 0 Å². The number of nitro benzene ring substituents is 1. The van der Waals surface area contributed by atoms with Crippen LogP contribution in [0.2, 0.25) is 0 Å². The fourth-order valence-electron chi connectivity index (χ4n) is 3.25. The second-order valence-electron chi connectivity index (χ2n) is 6.23. The SMILES string of the molecule is C[C@@H](O)[C@H]1C(=O)N[C@H]1C1C(=O)OC(Cc2ccc([N+](=O)[O-])cc2)C1=O. The van der Waals surface area contributed by atoms with Gasteiger partial charge in [0.05, 0.1) is 23.0 Å². The topological polar surface area (TPSA) is 136 Å². The largest absolute Gasteiger partial charge is 0.453 e. The first-order valence-corrected chi connectivity index (χ1v) is 7.75. The fraction of sp³-hybridized carbons (Fsp3) is 0.438. The number of nitrogens with one attached hydrogen (secondary N) is 1. The Labute approximate surface area is 142 Å². The molecular formula is C16H16N2O7. The van der Waals surface area contributed by atoms with Crippen molar-refractivity contribution < 1.29 is 29.2 Å². The Morgan fingerprint density at radius 1 is 1.28 bits per heavy atom. The molecule has 3 rings (SSSR count). The van der Waals surface area contributed by atoms with E-state index in [4.69, 9.17) is 4.74 Å². The molecular weight excluding hydrogens is 332 g/mol. The van der Waals surface area contributed by atoms with Crippen molar-refractivity contribution in [3.05, 3.63) is 39.9 Å². The second-order valence-corrected chi connectivity index (χ2v) is 6.23. The van der Waals surface area contributed by atoms with Crippen LogP contribution in [0.3, 0.4) is 0 Å². The van der Waals surface area contributed by atoms with Gasteiger partial charge in [-0.15, -0.1) is 0 Å². The fourth-order valence-corrected chi connectivity index (χ4v) is 3.25. The molecule has 0 aromatic heterocycles. The number of non-ortho nitro benzene ring substituents is 1. The molecule has 2 aliphatic heterocycles. The highest BCUT2D eigenvalue weighted by molar-refractivity contribution is 6.09. The number of aliphatic hydroxyl groups excluding tert-OH is 1. The second kappa shape index (κ2) is 6.25. The summed E-state index contributed by atoms with van der Waals surface area (Å²) in [4.78, 5) is 46.2. The molecule has 132 valence electrons. The van der Waals surface area contributed by atoms with Crippen LogP contribution in [0.25, 0.3) is 0 Å². The van der Waals surface area contributed by atoms with Gasteiger partial charge < -0.3 is 15.2 Å². The molecule has 1 amide bonds. The van der Waals surface area contributed by atoms with E-state index in [1.807, 2.05) is 0 Å². The third-order valence-electron chi connectivity index (χ3n) is 4.58. The minimum atomic E-state index is -1.14. The van der Waals surface area contributed by atoms with Gasteiger partial charge in [-0.2, -0.15) is 0 Å². The summed E-state index contributed by atoms with van der Waals surface area (Å²) in [5.74, 6) is -3.55. The van der Waals surface area contributed by atoms with Crippen molar-refractivity contribution in [2.24, 2.45) is 11.8 Å². The molecule has 0 saturated carbocycles. The molecule has 2 heterocycles. The lowest BCUT2D eigenvalue weighted by Gasteiger charge is -2.40. The average molecular weight is 348 g/mol. The number of benzene rings is 1. The third kappa shape index (κ3) is 2.98. The van der Waals surface area contributed by atoms with E-state index in [-0.39, 0.29) is 12.1 Å². The van der Waals surface area contributed by atoms with Crippen LogP contribution < -0.4 is 5.32 Å². The number of carbonyl (C=O) groups excluding carboxylic acids is 3. The van der Waals surface area contributed by atoms with E-state index in [0.29, 0.717) is 5.56 Å². The molecule has 9 heteroatoms. The predicted octanol–water partition coefficient (Wildman–Crippen LogP) is -0.257. The highest BCUT2D eigenvalue weighted by Crippen LogP contribution is 2.32. The Kier molecular flexibility index (Phi) is 4.25. The van der Waals surface area contributed by atoms with Crippen LogP contribution in [-0.2, 0) is 25.5 Å². The quantitative estimate of drug-likeness (QED) is 0.246. The van der Waals surface area contributed by atoms with Gasteiger partial charge in [0.1, 0.15) is 5.92 Å². The molecule has 0 bridgehead atoms. The summed E-state index contributed by atoms with van der Waals surface area (Å²) in [5, 5.41) is 22.8. The Balaban J connectivity index is 1.71. The summed E-state index contributed by atoms with van der Waals surface area (Å²) in [6.07, 6.45) is -1.89. The summed E-state index contributed by atoms with van der Waals surface area (Å²) in [6.45, 7) is 1.43. The molecule has 2 N–H and O–H groups in total. The lowest BCUT2D eigenvalue weighted by molar-refractivity contribution is -0.384. The molecule has 2 aliphatic rings. The number of ketones is 1. The van der Waals surface area contributed by atoms with E-state index in [1.54, 1.807) is 0 Å². The van der Waals surface area contributed by atoms with Crippen molar-refractivity contribution in [2.45, 2.75) is 31.6 Å². The van der Waals surface area contributed by atoms with E-state index in [9.17, 15) is 29.6 Å². The molecule has 2 unspecified atom stereocenters. The maximum Gasteiger partial charge on any atom is 0.319 e. The third-order valence-corrected chi connectivity index (χ3v) is 4.58. The van der Waals surface area contributed by atoms with Crippen LogP contribution in [0.15, 0.2) is 24.3 Å². The lowest BCUT2D eigenvalue weighted by atomic mass is 9.76. The Morgan fingerprint density at radius 2 is 1.92 bits per heavy atom. The zero-order valence-corrected chi connectivity index (χ0v) is 13.2. The number of cyclic esters (lactones) is 1. The van der Waals surface area contributed by atoms with E-state index >= 15 is 0 Å². The molecule has 5 atom stereocenters. The van der Waals surface area contributed by atoms with Crippen molar-refractivity contribution in [1.29, 1.82) is 0 Å². The molecule has 25 heavy (non-hydrogen) atoms. The molecule has 9 nitrogen and oxygen atoms in total. The molecule has 2 saturated heterocycles. The predicted molar refractivity (Wildman–Crippen MR) is 82.3 cm³/mol. The molecule has 0 spiro atoms. The van der Waals surface area contributed by atoms with Crippen LogP contribution in [-0.4, -0.2) is 45.9 Å². The van der Waals surface area contributed by atoms with Gasteiger partial charge in [0.2, 0.25) is 5.91 Å². The van der Waals surface area contributed by atoms with Crippen LogP contribution in [0.4, 0.5) is 5.69 Å². The van der Waals surface area contributed by atoms with Crippen molar-refractivity contribution in [2.75, 3.05) is 0 Å². The van der Waals surface area contributed by atoms with Gasteiger partial charge in [0.25, 0.3) is 5.69 Å². The van der Waals surface area contributed by atoms with Crippen LogP contribution >= 0.6 is 0 Å². The maximum atomic E-state index is 12.5. The Morgan fingerprint density at radius 3 is 2.44 bits per heavy atom. The zero-order valence-electron chi connectivity index (χ0n) is 13.2. The number of rotatable bonds is 5.